The minimum Gasteiger partial charge on any atom is -0.434 e. The highest BCUT2D eigenvalue weighted by Crippen LogP contribution is 2.41. The number of thiazole rings is 1. The van der Waals surface area contributed by atoms with E-state index in [4.69, 9.17) is 37.7 Å². The Labute approximate surface area is 250 Å². The number of aromatic nitrogens is 4. The van der Waals surface area contributed by atoms with E-state index in [-0.39, 0.29) is 34.0 Å². The fourth-order valence-corrected chi connectivity index (χ4v) is 5.44. The zero-order chi connectivity index (χ0) is 30.0. The number of carbonyl (C=O) groups is 2. The molecule has 0 spiro atoms. The molecule has 0 aliphatic carbocycles. The van der Waals surface area contributed by atoms with Crippen LogP contribution in [0.15, 0.2) is 6.07 Å². The first-order valence-electron chi connectivity index (χ1n) is 12.7. The predicted molar refractivity (Wildman–Crippen MR) is 158 cm³/mol. The Bertz CT molecular complexity index is 1410. The van der Waals surface area contributed by atoms with E-state index in [2.05, 4.69) is 20.3 Å². The highest BCUT2D eigenvalue weighted by atomic mass is 35.5. The molecule has 41 heavy (non-hydrogen) atoms. The fourth-order valence-electron chi connectivity index (χ4n) is 4.07. The molecule has 4 heterocycles. The van der Waals surface area contributed by atoms with Crippen LogP contribution in [0.25, 0.3) is 11.4 Å². The van der Waals surface area contributed by atoms with Crippen molar-refractivity contribution in [3.63, 3.8) is 0 Å². The zero-order valence-corrected chi connectivity index (χ0v) is 25.7. The molecule has 2 atom stereocenters. The molecule has 1 aliphatic heterocycles. The lowest BCUT2D eigenvalue weighted by molar-refractivity contribution is 0.0893. The molecule has 1 saturated heterocycles. The molecule has 1 fully saturated rings. The topological polar surface area (TPSA) is 129 Å². The van der Waals surface area contributed by atoms with Gasteiger partial charge in [-0.2, -0.15) is 4.98 Å². The summed E-state index contributed by atoms with van der Waals surface area (Å²) < 4.78 is 25.8. The van der Waals surface area contributed by atoms with E-state index >= 15 is 4.39 Å². The lowest BCUT2D eigenvalue weighted by Crippen LogP contribution is -2.52. The quantitative estimate of drug-likeness (QED) is 0.343. The Morgan fingerprint density at radius 3 is 2.51 bits per heavy atom. The number of hydrogen-bond donors (Lipinski definition) is 2. The number of ether oxygens (including phenoxy) is 2. The molecule has 0 radical (unpaired) electrons. The van der Waals surface area contributed by atoms with Gasteiger partial charge in [0.1, 0.15) is 29.1 Å². The van der Waals surface area contributed by atoms with Crippen molar-refractivity contribution in [3.05, 3.63) is 27.5 Å². The number of nitrogens with zero attached hydrogens (tertiary/aromatic N) is 6. The van der Waals surface area contributed by atoms with Crippen LogP contribution in [0.4, 0.5) is 26.1 Å². The molecule has 2 N–H and O–H groups in total. The number of aromatic amines is 1. The van der Waals surface area contributed by atoms with Gasteiger partial charge in [0.05, 0.1) is 29.2 Å². The monoisotopic (exact) mass is 628 g/mol. The molecule has 16 heteroatoms. The van der Waals surface area contributed by atoms with Crippen molar-refractivity contribution in [2.45, 2.75) is 32.5 Å². The van der Waals surface area contributed by atoms with E-state index in [0.29, 0.717) is 46.9 Å². The van der Waals surface area contributed by atoms with Gasteiger partial charge in [-0.3, -0.25) is 4.79 Å². The standard InChI is InChI=1S/C25H31Cl2FN8O4S/c1-7-39-25(38)40-22-19(15-10-16(34(3)4)32-23(31-15)35(5)6)33-24(41-22)36-9-8-14(13(28)11-36)30-21(37)20-18(27)17(26)12(2)29-20/h10,13-14,29H,7-9,11H2,1-6H3,(H,30,37)/t13-,14+/m0/s1. The molecule has 3 aromatic heterocycles. The van der Waals surface area contributed by atoms with Crippen LogP contribution in [0.3, 0.4) is 0 Å². The van der Waals surface area contributed by atoms with Crippen LogP contribution in [0.1, 0.15) is 29.5 Å². The Balaban J connectivity index is 1.59. The van der Waals surface area contributed by atoms with Crippen LogP contribution in [0.2, 0.25) is 10.0 Å². The van der Waals surface area contributed by atoms with Crippen LogP contribution in [-0.2, 0) is 4.74 Å². The van der Waals surface area contributed by atoms with Crippen molar-refractivity contribution in [3.8, 4) is 16.5 Å². The molecule has 3 aromatic rings. The molecule has 222 valence electrons. The molecule has 1 aliphatic rings. The van der Waals surface area contributed by atoms with Crippen LogP contribution in [0, 0.1) is 6.92 Å². The highest BCUT2D eigenvalue weighted by Gasteiger charge is 2.34. The summed E-state index contributed by atoms with van der Waals surface area (Å²) in [7, 11) is 7.31. The molecule has 0 saturated carbocycles. The molecule has 1 amide bonds. The number of carbonyl (C=O) groups excluding carboxylic acids is 2. The number of alkyl halides is 1. The molecule has 4 rings (SSSR count). The van der Waals surface area contributed by atoms with Gasteiger partial charge in [0.15, 0.2) is 5.13 Å². The van der Waals surface area contributed by atoms with Gasteiger partial charge in [0.2, 0.25) is 11.0 Å². The number of nitrogens with one attached hydrogen (secondary N) is 2. The van der Waals surface area contributed by atoms with E-state index in [9.17, 15) is 9.59 Å². The van der Waals surface area contributed by atoms with E-state index < -0.39 is 24.3 Å². The van der Waals surface area contributed by atoms with Crippen LogP contribution in [-0.4, -0.2) is 92.1 Å². The summed E-state index contributed by atoms with van der Waals surface area (Å²) in [6.45, 7) is 3.82. The number of piperidine rings is 1. The van der Waals surface area contributed by atoms with E-state index in [1.54, 1.807) is 29.7 Å². The summed E-state index contributed by atoms with van der Waals surface area (Å²) in [4.78, 5) is 47.0. The summed E-state index contributed by atoms with van der Waals surface area (Å²) in [5, 5.41) is 3.65. The number of aryl methyl sites for hydroxylation is 1. The maximum Gasteiger partial charge on any atom is 0.514 e. The SMILES string of the molecule is CCOC(=O)Oc1sc(N2CC[C@@H](NC(=O)c3[nH]c(C)c(Cl)c3Cl)[C@@H](F)C2)nc1-c1cc(N(C)C)nc(N(C)C)n1. The second-order valence-electron chi connectivity index (χ2n) is 9.70. The molecule has 12 nitrogen and oxygen atoms in total. The second kappa shape index (κ2) is 12.7. The number of anilines is 3. The average molecular weight is 630 g/mol. The zero-order valence-electron chi connectivity index (χ0n) is 23.4. The predicted octanol–water partition coefficient (Wildman–Crippen LogP) is 4.56. The van der Waals surface area contributed by atoms with E-state index in [1.807, 2.05) is 33.1 Å². The van der Waals surface area contributed by atoms with Crippen molar-refractivity contribution in [1.82, 2.24) is 25.3 Å². The Kier molecular flexibility index (Phi) is 9.44. The van der Waals surface area contributed by atoms with Gasteiger partial charge in [-0.15, -0.1) is 0 Å². The van der Waals surface area contributed by atoms with Gasteiger partial charge in [0, 0.05) is 46.5 Å². The third-order valence-electron chi connectivity index (χ3n) is 6.23. The first kappa shape index (κ1) is 30.6. The second-order valence-corrected chi connectivity index (χ2v) is 11.4. The lowest BCUT2D eigenvalue weighted by atomic mass is 10.0. The fraction of sp³-hybridized carbons (Fsp3) is 0.480. The first-order valence-corrected chi connectivity index (χ1v) is 14.3. The summed E-state index contributed by atoms with van der Waals surface area (Å²) in [6, 6.07) is 0.975. The molecular weight excluding hydrogens is 598 g/mol. The van der Waals surface area contributed by atoms with Gasteiger partial charge in [0.25, 0.3) is 5.91 Å². The van der Waals surface area contributed by atoms with Gasteiger partial charge in [-0.05, 0) is 20.3 Å². The molecule has 0 unspecified atom stereocenters. The summed E-state index contributed by atoms with van der Waals surface area (Å²) in [6.07, 6.45) is -2.01. The summed E-state index contributed by atoms with van der Waals surface area (Å²) >= 11 is 13.3. The lowest BCUT2D eigenvalue weighted by Gasteiger charge is -2.34. The number of amides is 1. The Hall–Kier alpha value is -3.36. The minimum absolute atomic E-state index is 0.0509. The molecule has 0 aromatic carbocycles. The van der Waals surface area contributed by atoms with E-state index in [0.717, 1.165) is 11.3 Å². The maximum atomic E-state index is 15.4. The van der Waals surface area contributed by atoms with E-state index in [1.165, 1.54) is 0 Å². The Morgan fingerprint density at radius 1 is 1.20 bits per heavy atom. The minimum atomic E-state index is -1.42. The van der Waals surface area contributed by atoms with Crippen molar-refractivity contribution < 1.29 is 23.5 Å². The van der Waals surface area contributed by atoms with Crippen molar-refractivity contribution in [2.75, 3.05) is 62.6 Å². The van der Waals surface area contributed by atoms with Crippen molar-refractivity contribution in [2.24, 2.45) is 0 Å². The van der Waals surface area contributed by atoms with Crippen molar-refractivity contribution >= 4 is 63.5 Å². The van der Waals surface area contributed by atoms with Gasteiger partial charge >= 0.3 is 6.16 Å². The third kappa shape index (κ3) is 6.76. The highest BCUT2D eigenvalue weighted by molar-refractivity contribution is 7.18. The molecule has 0 bridgehead atoms. The smallest absolute Gasteiger partial charge is 0.434 e. The first-order chi connectivity index (χ1) is 19.4. The summed E-state index contributed by atoms with van der Waals surface area (Å²) in [5.41, 5.74) is 1.36. The van der Waals surface area contributed by atoms with Crippen LogP contribution < -0.4 is 24.8 Å². The van der Waals surface area contributed by atoms with Gasteiger partial charge < -0.3 is 34.5 Å². The average Bonchev–Trinajstić information content (AvgIpc) is 3.45. The van der Waals surface area contributed by atoms with Crippen LogP contribution >= 0.6 is 34.5 Å². The van der Waals surface area contributed by atoms with Gasteiger partial charge in [-0.1, -0.05) is 34.5 Å². The molecular formula is C25H31Cl2FN8O4S. The van der Waals surface area contributed by atoms with Crippen LogP contribution in [0.5, 0.6) is 5.06 Å². The number of rotatable bonds is 8. The largest absolute Gasteiger partial charge is 0.514 e. The van der Waals surface area contributed by atoms with Gasteiger partial charge in [-0.25, -0.2) is 19.2 Å². The maximum absolute atomic E-state index is 15.4. The normalized spacial score (nSPS) is 16.9. The number of H-pyrrole nitrogens is 1. The number of hydrogen-bond acceptors (Lipinski definition) is 11. The summed E-state index contributed by atoms with van der Waals surface area (Å²) in [5.74, 6) is 0.515. The Morgan fingerprint density at radius 2 is 1.93 bits per heavy atom. The third-order valence-corrected chi connectivity index (χ3v) is 8.18. The van der Waals surface area contributed by atoms with Crippen molar-refractivity contribution in [1.29, 1.82) is 0 Å². The number of halogens is 3.